The number of ether oxygens (including phenoxy) is 1. The highest BCUT2D eigenvalue weighted by Gasteiger charge is 2.26. The first kappa shape index (κ1) is 14.5. The quantitative estimate of drug-likeness (QED) is 0.670. The molecule has 7 heteroatoms. The number of hydrogen-bond acceptors (Lipinski definition) is 3. The van der Waals surface area contributed by atoms with E-state index in [0.29, 0.717) is 18.4 Å². The molecule has 1 saturated heterocycles. The van der Waals surface area contributed by atoms with Crippen molar-refractivity contribution in [3.8, 4) is 5.88 Å². The molecule has 1 aliphatic rings. The number of pyridine rings is 1. The van der Waals surface area contributed by atoms with E-state index < -0.39 is 13.0 Å². The van der Waals surface area contributed by atoms with Crippen LogP contribution in [-0.4, -0.2) is 55.1 Å². The first-order chi connectivity index (χ1) is 9.69. The summed E-state index contributed by atoms with van der Waals surface area (Å²) in [5, 5.41) is 2.65. The van der Waals surface area contributed by atoms with E-state index in [1.165, 1.54) is 0 Å². The van der Waals surface area contributed by atoms with Crippen molar-refractivity contribution in [3.05, 3.63) is 24.4 Å². The lowest BCUT2D eigenvalue weighted by Crippen LogP contribution is -2.42. The molecule has 1 atom stereocenters. The lowest BCUT2D eigenvalue weighted by atomic mass is 10.3. The molecule has 0 radical (unpaired) electrons. The molecule has 0 aromatic carbocycles. The normalized spacial score (nSPS) is 19.5. The maximum absolute atomic E-state index is 12.2. The lowest BCUT2D eigenvalue weighted by Gasteiger charge is -2.21. The number of guanidine groups is 1. The number of halogens is 2. The molecule has 1 unspecified atom stereocenters. The van der Waals surface area contributed by atoms with Gasteiger partial charge in [0.2, 0.25) is 5.88 Å². The van der Waals surface area contributed by atoms with Crippen molar-refractivity contribution in [1.29, 1.82) is 0 Å². The molecule has 2 rings (SSSR count). The smallest absolute Gasteiger partial charge is 0.255 e. The van der Waals surface area contributed by atoms with Crippen LogP contribution in [0.15, 0.2) is 29.4 Å². The van der Waals surface area contributed by atoms with E-state index in [2.05, 4.69) is 15.3 Å². The van der Waals surface area contributed by atoms with Crippen LogP contribution >= 0.6 is 0 Å². The van der Waals surface area contributed by atoms with Gasteiger partial charge in [-0.3, -0.25) is 4.99 Å². The molecule has 0 aliphatic carbocycles. The molecule has 20 heavy (non-hydrogen) atoms. The predicted octanol–water partition coefficient (Wildman–Crippen LogP) is 1.38. The van der Waals surface area contributed by atoms with Gasteiger partial charge in [0, 0.05) is 32.3 Å². The number of alkyl halides is 2. The molecule has 0 amide bonds. The Balaban J connectivity index is 1.85. The average Bonchev–Trinajstić information content (AvgIpc) is 2.89. The van der Waals surface area contributed by atoms with E-state index in [-0.39, 0.29) is 6.10 Å². The Morgan fingerprint density at radius 2 is 2.45 bits per heavy atom. The fourth-order valence-electron chi connectivity index (χ4n) is 2.11. The van der Waals surface area contributed by atoms with E-state index in [9.17, 15) is 8.78 Å². The number of hydrogen-bond donors (Lipinski definition) is 1. The minimum atomic E-state index is -2.39. The van der Waals surface area contributed by atoms with Crippen LogP contribution in [0.5, 0.6) is 5.88 Å². The Labute approximate surface area is 116 Å². The third-order valence-electron chi connectivity index (χ3n) is 3.00. The van der Waals surface area contributed by atoms with Crippen molar-refractivity contribution in [3.63, 3.8) is 0 Å². The molecule has 0 saturated carbocycles. The molecule has 2 heterocycles. The van der Waals surface area contributed by atoms with Gasteiger partial charge in [0.15, 0.2) is 5.96 Å². The summed E-state index contributed by atoms with van der Waals surface area (Å²) in [4.78, 5) is 10.0. The summed E-state index contributed by atoms with van der Waals surface area (Å²) in [5.74, 6) is 1.06. The highest BCUT2D eigenvalue weighted by Crippen LogP contribution is 2.16. The van der Waals surface area contributed by atoms with Gasteiger partial charge in [-0.2, -0.15) is 0 Å². The number of likely N-dealkylation sites (tertiary alicyclic amines) is 1. The maximum atomic E-state index is 12.2. The number of rotatable bonds is 4. The van der Waals surface area contributed by atoms with Crippen molar-refractivity contribution in [2.75, 3.05) is 26.7 Å². The van der Waals surface area contributed by atoms with E-state index in [0.717, 1.165) is 13.0 Å². The van der Waals surface area contributed by atoms with Crippen molar-refractivity contribution in [2.24, 2.45) is 4.99 Å². The third-order valence-corrected chi connectivity index (χ3v) is 3.00. The largest absolute Gasteiger partial charge is 0.472 e. The summed E-state index contributed by atoms with van der Waals surface area (Å²) in [6.07, 6.45) is 0.0850. The highest BCUT2D eigenvalue weighted by atomic mass is 19.3. The van der Waals surface area contributed by atoms with Crippen LogP contribution in [0.4, 0.5) is 8.78 Å². The number of aromatic nitrogens is 1. The monoisotopic (exact) mass is 284 g/mol. The summed E-state index contributed by atoms with van der Waals surface area (Å²) in [5.41, 5.74) is 0. The lowest BCUT2D eigenvalue weighted by molar-refractivity contribution is 0.151. The van der Waals surface area contributed by atoms with Crippen molar-refractivity contribution in [2.45, 2.75) is 19.0 Å². The second kappa shape index (κ2) is 7.02. The molecular weight excluding hydrogens is 266 g/mol. The van der Waals surface area contributed by atoms with Crippen LogP contribution in [0.1, 0.15) is 6.42 Å². The van der Waals surface area contributed by atoms with E-state index in [1.807, 2.05) is 17.0 Å². The molecule has 0 spiro atoms. The predicted molar refractivity (Wildman–Crippen MR) is 72.2 cm³/mol. The van der Waals surface area contributed by atoms with Gasteiger partial charge in [-0.15, -0.1) is 0 Å². The summed E-state index contributed by atoms with van der Waals surface area (Å²) in [6.45, 7) is 0.939. The van der Waals surface area contributed by atoms with Gasteiger partial charge in [-0.25, -0.2) is 13.8 Å². The van der Waals surface area contributed by atoms with Crippen LogP contribution in [0.3, 0.4) is 0 Å². The Morgan fingerprint density at radius 1 is 1.60 bits per heavy atom. The minimum Gasteiger partial charge on any atom is -0.472 e. The molecule has 1 aromatic rings. The zero-order valence-corrected chi connectivity index (χ0v) is 11.3. The van der Waals surface area contributed by atoms with Gasteiger partial charge in [0.1, 0.15) is 6.10 Å². The Hall–Kier alpha value is -1.92. The molecule has 110 valence electrons. The van der Waals surface area contributed by atoms with Crippen LogP contribution < -0.4 is 10.1 Å². The topological polar surface area (TPSA) is 49.8 Å². The Morgan fingerprint density at radius 3 is 3.10 bits per heavy atom. The summed E-state index contributed by atoms with van der Waals surface area (Å²) in [6, 6.07) is 5.48. The Bertz CT molecular complexity index is 441. The van der Waals surface area contributed by atoms with Crippen molar-refractivity contribution < 1.29 is 13.5 Å². The van der Waals surface area contributed by atoms with Gasteiger partial charge in [0.05, 0.1) is 13.1 Å². The molecule has 5 nitrogen and oxygen atoms in total. The van der Waals surface area contributed by atoms with Crippen LogP contribution in [0.25, 0.3) is 0 Å². The zero-order valence-electron chi connectivity index (χ0n) is 11.3. The van der Waals surface area contributed by atoms with Gasteiger partial charge in [0.25, 0.3) is 6.43 Å². The molecular formula is C13H18F2N4O. The first-order valence-electron chi connectivity index (χ1n) is 6.50. The molecule has 0 bridgehead atoms. The maximum Gasteiger partial charge on any atom is 0.255 e. The first-order valence-corrected chi connectivity index (χ1v) is 6.50. The van der Waals surface area contributed by atoms with Gasteiger partial charge < -0.3 is 15.0 Å². The van der Waals surface area contributed by atoms with E-state index in [1.54, 1.807) is 19.3 Å². The van der Waals surface area contributed by atoms with Crippen molar-refractivity contribution >= 4 is 5.96 Å². The summed E-state index contributed by atoms with van der Waals surface area (Å²) >= 11 is 0. The fraction of sp³-hybridized carbons (Fsp3) is 0.538. The number of nitrogens with one attached hydrogen (secondary N) is 1. The van der Waals surface area contributed by atoms with Crippen LogP contribution in [0.2, 0.25) is 0 Å². The van der Waals surface area contributed by atoms with Crippen molar-refractivity contribution in [1.82, 2.24) is 15.2 Å². The SMILES string of the molecule is CN=C(NCC(F)F)N1CCC(Oc2ccccn2)C1. The highest BCUT2D eigenvalue weighted by molar-refractivity contribution is 5.80. The van der Waals surface area contributed by atoms with Gasteiger partial charge >= 0.3 is 0 Å². The minimum absolute atomic E-state index is 0.00463. The summed E-state index contributed by atoms with van der Waals surface area (Å²) in [7, 11) is 1.58. The standard InChI is InChI=1S/C13H18F2N4O/c1-16-13(18-8-11(14)15)19-7-5-10(9-19)20-12-4-2-3-6-17-12/h2-4,6,10-11H,5,7-9H2,1H3,(H,16,18). The molecule has 1 aromatic heterocycles. The van der Waals surface area contributed by atoms with Crippen LogP contribution in [-0.2, 0) is 0 Å². The van der Waals surface area contributed by atoms with Gasteiger partial charge in [-0.05, 0) is 6.07 Å². The van der Waals surface area contributed by atoms with Gasteiger partial charge in [-0.1, -0.05) is 6.07 Å². The van der Waals surface area contributed by atoms with Crippen LogP contribution in [0, 0.1) is 0 Å². The second-order valence-corrected chi connectivity index (χ2v) is 4.46. The zero-order chi connectivity index (χ0) is 14.4. The number of aliphatic imine (C=N–C) groups is 1. The van der Waals surface area contributed by atoms with E-state index >= 15 is 0 Å². The third kappa shape index (κ3) is 4.04. The average molecular weight is 284 g/mol. The summed E-state index contributed by atoms with van der Waals surface area (Å²) < 4.78 is 30.2. The van der Waals surface area contributed by atoms with E-state index in [4.69, 9.17) is 4.74 Å². The molecule has 1 fully saturated rings. The second-order valence-electron chi connectivity index (χ2n) is 4.46. The Kier molecular flexibility index (Phi) is 5.09. The number of nitrogens with zero attached hydrogens (tertiary/aromatic N) is 3. The fourth-order valence-corrected chi connectivity index (χ4v) is 2.11. The molecule has 1 aliphatic heterocycles. The molecule has 1 N–H and O–H groups in total.